The number of ketones is 1. The Morgan fingerprint density at radius 2 is 2.27 bits per heavy atom. The summed E-state index contributed by atoms with van der Waals surface area (Å²) in [4.78, 5) is 13.9. The largest absolute Gasteiger partial charge is 0.361 e. The smallest absolute Gasteiger partial charge is 0.132 e. The molecule has 78 valence electrons. The molecule has 0 aliphatic carbocycles. The van der Waals surface area contributed by atoms with Crippen LogP contribution in [0, 0.1) is 5.82 Å². The second-order valence-corrected chi connectivity index (χ2v) is 3.68. The van der Waals surface area contributed by atoms with Crippen LogP contribution in [0.2, 0.25) is 0 Å². The average Bonchev–Trinajstić information content (AvgIpc) is 2.59. The van der Waals surface area contributed by atoms with E-state index in [1.54, 1.807) is 19.2 Å². The van der Waals surface area contributed by atoms with E-state index in [0.29, 0.717) is 18.2 Å². The number of carbonyl (C=O) groups is 1. The third-order valence-electron chi connectivity index (χ3n) is 2.48. The first kappa shape index (κ1) is 9.90. The van der Waals surface area contributed by atoms with Crippen molar-refractivity contribution < 1.29 is 9.18 Å². The number of aromatic nitrogens is 1. The molecule has 0 saturated carbocycles. The molecule has 0 aliphatic rings. The van der Waals surface area contributed by atoms with E-state index < -0.39 is 0 Å². The molecule has 1 heterocycles. The van der Waals surface area contributed by atoms with E-state index in [-0.39, 0.29) is 11.6 Å². The number of nitrogens with one attached hydrogen (secondary N) is 1. The molecule has 0 unspecified atom stereocenters. The lowest BCUT2D eigenvalue weighted by Crippen LogP contribution is -1.93. The molecule has 2 aromatic rings. The number of aromatic amines is 1. The Morgan fingerprint density at radius 1 is 1.47 bits per heavy atom. The van der Waals surface area contributed by atoms with Crippen molar-refractivity contribution in [2.45, 2.75) is 19.8 Å². The number of aryl methyl sites for hydroxylation is 1. The summed E-state index contributed by atoms with van der Waals surface area (Å²) in [6.45, 7) is 1.55. The van der Waals surface area contributed by atoms with Gasteiger partial charge in [0.05, 0.1) is 0 Å². The molecule has 1 aromatic heterocycles. The second-order valence-electron chi connectivity index (χ2n) is 3.68. The van der Waals surface area contributed by atoms with Gasteiger partial charge in [0, 0.05) is 23.5 Å². The molecule has 0 bridgehead atoms. The normalized spacial score (nSPS) is 10.8. The van der Waals surface area contributed by atoms with Crippen LogP contribution in [-0.2, 0) is 11.2 Å². The highest BCUT2D eigenvalue weighted by Crippen LogP contribution is 2.22. The Bertz CT molecular complexity index is 501. The maximum Gasteiger partial charge on any atom is 0.132 e. The van der Waals surface area contributed by atoms with Gasteiger partial charge in [-0.1, -0.05) is 6.07 Å². The maximum atomic E-state index is 13.5. The van der Waals surface area contributed by atoms with Crippen molar-refractivity contribution >= 4 is 16.7 Å². The summed E-state index contributed by atoms with van der Waals surface area (Å²) in [7, 11) is 0. The molecule has 1 N–H and O–H groups in total. The number of halogens is 1. The van der Waals surface area contributed by atoms with Crippen LogP contribution < -0.4 is 0 Å². The van der Waals surface area contributed by atoms with Gasteiger partial charge in [0.25, 0.3) is 0 Å². The molecule has 0 saturated heterocycles. The summed E-state index contributed by atoms with van der Waals surface area (Å²) in [6, 6.07) is 4.94. The molecule has 0 fully saturated rings. The molecular weight excluding hydrogens is 193 g/mol. The first-order valence-corrected chi connectivity index (χ1v) is 4.92. The van der Waals surface area contributed by atoms with Gasteiger partial charge < -0.3 is 9.78 Å². The predicted octanol–water partition coefficient (Wildman–Crippen LogP) is 2.83. The number of hydrogen-bond donors (Lipinski definition) is 1. The molecule has 2 nitrogen and oxygen atoms in total. The van der Waals surface area contributed by atoms with E-state index in [1.165, 1.54) is 6.07 Å². The van der Waals surface area contributed by atoms with E-state index in [4.69, 9.17) is 0 Å². The van der Waals surface area contributed by atoms with Crippen LogP contribution in [0.4, 0.5) is 4.39 Å². The maximum absolute atomic E-state index is 13.5. The van der Waals surface area contributed by atoms with Gasteiger partial charge >= 0.3 is 0 Å². The minimum Gasteiger partial charge on any atom is -0.361 e. The molecule has 0 radical (unpaired) electrons. The molecule has 2 rings (SSSR count). The number of hydrogen-bond acceptors (Lipinski definition) is 1. The van der Waals surface area contributed by atoms with Gasteiger partial charge in [0.15, 0.2) is 0 Å². The summed E-state index contributed by atoms with van der Waals surface area (Å²) in [5.74, 6) is -0.104. The summed E-state index contributed by atoms with van der Waals surface area (Å²) >= 11 is 0. The number of H-pyrrole nitrogens is 1. The van der Waals surface area contributed by atoms with Crippen LogP contribution in [0.3, 0.4) is 0 Å². The van der Waals surface area contributed by atoms with Gasteiger partial charge in [-0.25, -0.2) is 4.39 Å². The fourth-order valence-corrected chi connectivity index (χ4v) is 1.72. The zero-order chi connectivity index (χ0) is 10.8. The molecular formula is C12H12FNO. The van der Waals surface area contributed by atoms with Crippen molar-refractivity contribution in [2.75, 3.05) is 0 Å². The first-order chi connectivity index (χ1) is 7.18. The monoisotopic (exact) mass is 205 g/mol. The van der Waals surface area contributed by atoms with Gasteiger partial charge in [-0.15, -0.1) is 0 Å². The van der Waals surface area contributed by atoms with E-state index in [1.807, 2.05) is 6.07 Å². The highest BCUT2D eigenvalue weighted by Gasteiger charge is 2.08. The highest BCUT2D eigenvalue weighted by atomic mass is 19.1. The number of benzene rings is 1. The van der Waals surface area contributed by atoms with Crippen molar-refractivity contribution in [3.63, 3.8) is 0 Å². The van der Waals surface area contributed by atoms with Crippen LogP contribution in [0.15, 0.2) is 24.4 Å². The standard InChI is InChI=1S/C12H12FNO/c1-8(15)5-6-9-7-14-11-4-2-3-10(13)12(9)11/h2-4,7,14H,5-6H2,1H3. The van der Waals surface area contributed by atoms with Crippen molar-refractivity contribution in [1.82, 2.24) is 4.98 Å². The number of carbonyl (C=O) groups excluding carboxylic acids is 1. The van der Waals surface area contributed by atoms with E-state index in [0.717, 1.165) is 11.1 Å². The Balaban J connectivity index is 2.39. The number of Topliss-reactive ketones (excluding diaryl/α,β-unsaturated/α-hetero) is 1. The Morgan fingerprint density at radius 3 is 3.00 bits per heavy atom. The van der Waals surface area contributed by atoms with Gasteiger partial charge in [0.2, 0.25) is 0 Å². The summed E-state index contributed by atoms with van der Waals surface area (Å²) in [6.07, 6.45) is 2.83. The van der Waals surface area contributed by atoms with Gasteiger partial charge in [-0.05, 0) is 31.0 Å². The third kappa shape index (κ3) is 1.91. The third-order valence-corrected chi connectivity index (χ3v) is 2.48. The van der Waals surface area contributed by atoms with Gasteiger partial charge in [0.1, 0.15) is 11.6 Å². The van der Waals surface area contributed by atoms with Crippen LogP contribution in [0.25, 0.3) is 10.9 Å². The van der Waals surface area contributed by atoms with Crippen LogP contribution in [-0.4, -0.2) is 10.8 Å². The summed E-state index contributed by atoms with van der Waals surface area (Å²) < 4.78 is 13.5. The van der Waals surface area contributed by atoms with Crippen molar-refractivity contribution in [3.05, 3.63) is 35.8 Å². The zero-order valence-electron chi connectivity index (χ0n) is 8.51. The quantitative estimate of drug-likeness (QED) is 0.821. The van der Waals surface area contributed by atoms with Gasteiger partial charge in [-0.2, -0.15) is 0 Å². The Hall–Kier alpha value is -1.64. The summed E-state index contributed by atoms with van der Waals surface area (Å²) in [5.41, 5.74) is 1.66. The molecule has 1 aromatic carbocycles. The Labute approximate surface area is 87.1 Å². The van der Waals surface area contributed by atoms with Crippen LogP contribution >= 0.6 is 0 Å². The molecule has 15 heavy (non-hydrogen) atoms. The van der Waals surface area contributed by atoms with E-state index >= 15 is 0 Å². The average molecular weight is 205 g/mol. The van der Waals surface area contributed by atoms with Crippen molar-refractivity contribution in [1.29, 1.82) is 0 Å². The van der Waals surface area contributed by atoms with Crippen LogP contribution in [0.5, 0.6) is 0 Å². The van der Waals surface area contributed by atoms with E-state index in [9.17, 15) is 9.18 Å². The van der Waals surface area contributed by atoms with Crippen molar-refractivity contribution in [3.8, 4) is 0 Å². The van der Waals surface area contributed by atoms with E-state index in [2.05, 4.69) is 4.98 Å². The SMILES string of the molecule is CC(=O)CCc1c[nH]c2cccc(F)c12. The number of rotatable bonds is 3. The fourth-order valence-electron chi connectivity index (χ4n) is 1.72. The lowest BCUT2D eigenvalue weighted by molar-refractivity contribution is -0.116. The van der Waals surface area contributed by atoms with Gasteiger partial charge in [-0.3, -0.25) is 0 Å². The van der Waals surface area contributed by atoms with Crippen molar-refractivity contribution in [2.24, 2.45) is 0 Å². The Kier molecular flexibility index (Phi) is 2.54. The molecule has 3 heteroatoms. The summed E-state index contributed by atoms with van der Waals surface area (Å²) in [5, 5.41) is 0.610. The fraction of sp³-hybridized carbons (Fsp3) is 0.250. The minimum atomic E-state index is -0.229. The minimum absolute atomic E-state index is 0.126. The number of fused-ring (bicyclic) bond motifs is 1. The zero-order valence-corrected chi connectivity index (χ0v) is 8.51. The van der Waals surface area contributed by atoms with Crippen LogP contribution in [0.1, 0.15) is 18.9 Å². The second kappa shape index (κ2) is 3.85. The predicted molar refractivity (Wildman–Crippen MR) is 57.3 cm³/mol. The first-order valence-electron chi connectivity index (χ1n) is 4.92. The highest BCUT2D eigenvalue weighted by molar-refractivity contribution is 5.84. The molecule has 0 spiro atoms. The lowest BCUT2D eigenvalue weighted by Gasteiger charge is -1.97. The topological polar surface area (TPSA) is 32.9 Å². The molecule has 0 atom stereocenters. The molecule has 0 amide bonds. The molecule has 0 aliphatic heterocycles. The lowest BCUT2D eigenvalue weighted by atomic mass is 10.1.